The van der Waals surface area contributed by atoms with Gasteiger partial charge in [-0.3, -0.25) is 9.99 Å². The summed E-state index contributed by atoms with van der Waals surface area (Å²) in [7, 11) is 0. The van der Waals surface area contributed by atoms with E-state index < -0.39 is 17.7 Å². The lowest BCUT2D eigenvalue weighted by Crippen LogP contribution is -2.48. The number of fused-ring (bicyclic) bond motifs is 1. The van der Waals surface area contributed by atoms with Gasteiger partial charge >= 0.3 is 0 Å². The van der Waals surface area contributed by atoms with Crippen molar-refractivity contribution in [3.63, 3.8) is 0 Å². The van der Waals surface area contributed by atoms with Gasteiger partial charge in [-0.2, -0.15) is 5.26 Å². The fourth-order valence-corrected chi connectivity index (χ4v) is 5.95. The molecule has 3 aromatic carbocycles. The highest BCUT2D eigenvalue weighted by Gasteiger charge is 2.29. The van der Waals surface area contributed by atoms with Gasteiger partial charge in [-0.15, -0.1) is 5.53 Å². The fourth-order valence-electron chi connectivity index (χ4n) is 5.64. The van der Waals surface area contributed by atoms with Crippen LogP contribution in [0.15, 0.2) is 72.7 Å². The van der Waals surface area contributed by atoms with Gasteiger partial charge in [0.15, 0.2) is 5.82 Å². The molecule has 1 fully saturated rings. The van der Waals surface area contributed by atoms with Gasteiger partial charge in [0.25, 0.3) is 0 Å². The summed E-state index contributed by atoms with van der Waals surface area (Å²) < 4.78 is 29.4. The lowest BCUT2D eigenvalue weighted by molar-refractivity contribution is 0.112. The largest absolute Gasteiger partial charge is 0.373 e. The van der Waals surface area contributed by atoms with Crippen molar-refractivity contribution in [2.24, 2.45) is 0 Å². The Hall–Kier alpha value is -4.14. The lowest BCUT2D eigenvalue weighted by Gasteiger charge is -2.35. The third-order valence-electron chi connectivity index (χ3n) is 8.06. The Bertz CT molecular complexity index is 1750. The van der Waals surface area contributed by atoms with E-state index in [0.29, 0.717) is 33.5 Å². The second-order valence-corrected chi connectivity index (χ2v) is 11.6. The number of hydrogen-bond acceptors (Lipinski definition) is 8. The van der Waals surface area contributed by atoms with E-state index in [2.05, 4.69) is 55.7 Å². The van der Waals surface area contributed by atoms with Gasteiger partial charge in [0.1, 0.15) is 17.4 Å². The van der Waals surface area contributed by atoms with Crippen molar-refractivity contribution in [2.75, 3.05) is 30.3 Å². The maximum Gasteiger partial charge on any atom is 0.151 e. The first-order valence-corrected chi connectivity index (χ1v) is 15.1. The molecule has 2 aliphatic heterocycles. The van der Waals surface area contributed by atoms with E-state index in [-0.39, 0.29) is 16.1 Å². The van der Waals surface area contributed by atoms with Crippen LogP contribution in [0.5, 0.6) is 0 Å². The van der Waals surface area contributed by atoms with Crippen LogP contribution in [0.25, 0.3) is 10.9 Å². The zero-order chi connectivity index (χ0) is 30.8. The average Bonchev–Trinajstić information content (AvgIpc) is 3.52. The van der Waals surface area contributed by atoms with Crippen LogP contribution in [0.3, 0.4) is 0 Å². The van der Waals surface area contributed by atoms with Crippen LogP contribution in [-0.2, 0) is 0 Å². The number of nitriles is 1. The van der Waals surface area contributed by atoms with E-state index in [1.807, 2.05) is 24.3 Å². The SMILES string of the molecule is CCN1CCC(N2C=C([C@@H](Nc3cc(F)c4ncc(C#N)c(Nc5ccc(F)c(Cl)c5)c4c3)c3ccc(Cl)cc3)NN2)CC1. The van der Waals surface area contributed by atoms with Gasteiger partial charge in [0.2, 0.25) is 0 Å². The summed E-state index contributed by atoms with van der Waals surface area (Å²) in [6.07, 6.45) is 5.42. The van der Waals surface area contributed by atoms with Crippen molar-refractivity contribution >= 4 is 51.2 Å². The molecular formula is C32H30Cl2F2N8. The number of anilines is 3. The summed E-state index contributed by atoms with van der Waals surface area (Å²) in [6.45, 7) is 5.30. The molecule has 12 heteroatoms. The molecule has 4 aromatic rings. The van der Waals surface area contributed by atoms with Gasteiger partial charge in [0.05, 0.1) is 28.0 Å². The molecule has 0 unspecified atom stereocenters. The van der Waals surface area contributed by atoms with Crippen LogP contribution in [-0.4, -0.2) is 40.6 Å². The zero-order valence-corrected chi connectivity index (χ0v) is 25.4. The molecular weight excluding hydrogens is 605 g/mol. The standard InChI is InChI=1S/C32H30Cl2F2N8/c1-2-43-11-9-24(10-12-43)44-18-29(41-42-44)31(19-3-5-21(33)6-4-19)40-23-13-25-30(39-22-7-8-27(35)26(34)14-22)20(16-37)17-38-32(25)28(36)15-23/h3-8,13-15,17-18,24,31,40-42H,2,9-12H2,1H3,(H,38,39)/t31-/m0/s1. The molecule has 0 amide bonds. The topological polar surface area (TPSA) is 91.3 Å². The number of likely N-dealkylation sites (tertiary alicyclic amines) is 1. The van der Waals surface area contributed by atoms with E-state index in [4.69, 9.17) is 23.2 Å². The number of benzene rings is 3. The zero-order valence-electron chi connectivity index (χ0n) is 23.8. The number of pyridine rings is 1. The molecule has 0 radical (unpaired) electrons. The van der Waals surface area contributed by atoms with E-state index in [0.717, 1.165) is 43.7 Å². The number of hydrogen-bond donors (Lipinski definition) is 4. The predicted octanol–water partition coefficient (Wildman–Crippen LogP) is 7.24. The molecule has 1 saturated heterocycles. The fraction of sp³-hybridized carbons (Fsp3) is 0.250. The second-order valence-electron chi connectivity index (χ2n) is 10.8. The Balaban J connectivity index is 1.36. The highest BCUT2D eigenvalue weighted by molar-refractivity contribution is 6.31. The first-order chi connectivity index (χ1) is 21.3. The van der Waals surface area contributed by atoms with Gasteiger partial charge in [-0.25, -0.2) is 8.78 Å². The Morgan fingerprint density at radius 2 is 1.82 bits per heavy atom. The van der Waals surface area contributed by atoms with Crippen LogP contribution in [0, 0.1) is 23.0 Å². The molecule has 2 aliphatic rings. The predicted molar refractivity (Wildman–Crippen MR) is 170 cm³/mol. The molecule has 226 valence electrons. The van der Waals surface area contributed by atoms with Crippen molar-refractivity contribution in [1.82, 2.24) is 25.9 Å². The second kappa shape index (κ2) is 12.8. The molecule has 0 spiro atoms. The molecule has 6 rings (SSSR count). The van der Waals surface area contributed by atoms with Gasteiger partial charge in [-0.05, 0) is 67.4 Å². The third-order valence-corrected chi connectivity index (χ3v) is 8.61. The van der Waals surface area contributed by atoms with Crippen molar-refractivity contribution in [1.29, 1.82) is 5.26 Å². The third kappa shape index (κ3) is 6.23. The van der Waals surface area contributed by atoms with Crippen molar-refractivity contribution in [2.45, 2.75) is 31.8 Å². The summed E-state index contributed by atoms with van der Waals surface area (Å²) >= 11 is 12.2. The molecule has 0 bridgehead atoms. The van der Waals surface area contributed by atoms with Crippen LogP contribution < -0.4 is 21.6 Å². The quantitative estimate of drug-likeness (QED) is 0.161. The van der Waals surface area contributed by atoms with Crippen LogP contribution in [0.4, 0.5) is 25.8 Å². The summed E-state index contributed by atoms with van der Waals surface area (Å²) in [5, 5.41) is 19.4. The Morgan fingerprint density at radius 1 is 1.05 bits per heavy atom. The minimum absolute atomic E-state index is 0.0813. The number of nitrogens with zero attached hydrogens (tertiary/aromatic N) is 4. The summed E-state index contributed by atoms with van der Waals surface area (Å²) in [6, 6.07) is 16.7. The first-order valence-electron chi connectivity index (χ1n) is 14.3. The van der Waals surface area contributed by atoms with E-state index >= 15 is 4.39 Å². The summed E-state index contributed by atoms with van der Waals surface area (Å²) in [5.74, 6) is -1.14. The van der Waals surface area contributed by atoms with Gasteiger partial charge < -0.3 is 21.0 Å². The molecule has 8 nitrogen and oxygen atoms in total. The van der Waals surface area contributed by atoms with E-state index in [9.17, 15) is 9.65 Å². The molecule has 1 aromatic heterocycles. The maximum atomic E-state index is 15.6. The number of halogens is 4. The molecule has 3 heterocycles. The molecule has 0 saturated carbocycles. The van der Waals surface area contributed by atoms with E-state index in [1.165, 1.54) is 30.5 Å². The number of aromatic nitrogens is 1. The summed E-state index contributed by atoms with van der Waals surface area (Å²) in [4.78, 5) is 6.66. The number of rotatable bonds is 8. The summed E-state index contributed by atoms with van der Waals surface area (Å²) in [5.41, 5.74) is 9.86. The molecule has 0 aliphatic carbocycles. The van der Waals surface area contributed by atoms with Gasteiger partial charge in [-0.1, -0.05) is 42.3 Å². The van der Waals surface area contributed by atoms with Crippen LogP contribution in [0.2, 0.25) is 10.0 Å². The number of hydrazine groups is 2. The van der Waals surface area contributed by atoms with Gasteiger partial charge in [0, 0.05) is 53.3 Å². The average molecular weight is 636 g/mol. The lowest BCUT2D eigenvalue weighted by atomic mass is 10.0. The molecule has 4 N–H and O–H groups in total. The van der Waals surface area contributed by atoms with Crippen LogP contribution >= 0.6 is 23.2 Å². The van der Waals surface area contributed by atoms with E-state index in [1.54, 1.807) is 6.07 Å². The first kappa shape index (κ1) is 29.9. The normalized spacial score (nSPS) is 16.4. The maximum absolute atomic E-state index is 15.6. The minimum Gasteiger partial charge on any atom is -0.373 e. The number of nitrogens with one attached hydrogen (secondary N) is 4. The van der Waals surface area contributed by atoms with Crippen LogP contribution in [0.1, 0.15) is 36.9 Å². The molecule has 1 atom stereocenters. The van der Waals surface area contributed by atoms with Crippen molar-refractivity contribution in [3.05, 3.63) is 105 Å². The monoisotopic (exact) mass is 634 g/mol. The Kier molecular flexibility index (Phi) is 8.73. The smallest absolute Gasteiger partial charge is 0.151 e. The minimum atomic E-state index is -0.572. The number of piperidine rings is 1. The Labute approximate surface area is 264 Å². The Morgan fingerprint density at radius 3 is 2.52 bits per heavy atom. The van der Waals surface area contributed by atoms with Crippen molar-refractivity contribution in [3.8, 4) is 6.07 Å². The van der Waals surface area contributed by atoms with Crippen molar-refractivity contribution < 1.29 is 8.78 Å². The highest BCUT2D eigenvalue weighted by Crippen LogP contribution is 2.36. The molecule has 44 heavy (non-hydrogen) atoms. The highest BCUT2D eigenvalue weighted by atomic mass is 35.5.